The molecule has 1 N–H and O–H groups in total. The van der Waals surface area contributed by atoms with E-state index in [4.69, 9.17) is 9.47 Å². The van der Waals surface area contributed by atoms with Gasteiger partial charge in [0.05, 0.1) is 18.4 Å². The van der Waals surface area contributed by atoms with E-state index in [0.29, 0.717) is 11.3 Å². The number of rotatable bonds is 6. The van der Waals surface area contributed by atoms with Crippen molar-refractivity contribution >= 4 is 35.2 Å². The number of ether oxygens (including phenoxy) is 2. The summed E-state index contributed by atoms with van der Waals surface area (Å²) in [4.78, 5) is 50.1. The fourth-order valence-corrected chi connectivity index (χ4v) is 3.53. The van der Waals surface area contributed by atoms with E-state index >= 15 is 0 Å². The van der Waals surface area contributed by atoms with Crippen LogP contribution in [-0.4, -0.2) is 37.2 Å². The van der Waals surface area contributed by atoms with Crippen LogP contribution in [0.5, 0.6) is 5.75 Å². The number of fused-ring (bicyclic) bond motifs is 2. The Morgan fingerprint density at radius 2 is 1.58 bits per heavy atom. The standard InChI is InChI=1S/C26H19NO6/c1-32-17-7-4-6-16(14-17)12-13-23(29)33-15-22(28)27-21-11-5-10-20-24(21)26(31)19-9-3-2-8-18(19)25(20)30/h2-14H,15H2,1H3,(H,27,28)/b13-12+. The largest absolute Gasteiger partial charge is 0.497 e. The number of amides is 1. The molecule has 0 radical (unpaired) electrons. The zero-order valence-electron chi connectivity index (χ0n) is 17.7. The van der Waals surface area contributed by atoms with Crippen LogP contribution >= 0.6 is 0 Å². The third kappa shape index (κ3) is 4.57. The molecule has 1 amide bonds. The number of anilines is 1. The van der Waals surface area contributed by atoms with Gasteiger partial charge in [-0.1, -0.05) is 48.5 Å². The lowest BCUT2D eigenvalue weighted by molar-refractivity contribution is -0.142. The molecule has 0 heterocycles. The normalized spacial score (nSPS) is 12.2. The van der Waals surface area contributed by atoms with Gasteiger partial charge in [0.2, 0.25) is 0 Å². The van der Waals surface area contributed by atoms with E-state index in [1.165, 1.54) is 18.2 Å². The summed E-state index contributed by atoms with van der Waals surface area (Å²) in [6.45, 7) is -0.552. The molecule has 0 saturated heterocycles. The fraction of sp³-hybridized carbons (Fsp3) is 0.0769. The Morgan fingerprint density at radius 3 is 2.33 bits per heavy atom. The Balaban J connectivity index is 1.42. The predicted molar refractivity (Wildman–Crippen MR) is 121 cm³/mol. The molecular formula is C26H19NO6. The monoisotopic (exact) mass is 441 g/mol. The van der Waals surface area contributed by atoms with Gasteiger partial charge >= 0.3 is 5.97 Å². The van der Waals surface area contributed by atoms with E-state index in [1.54, 1.807) is 67.8 Å². The molecule has 164 valence electrons. The highest BCUT2D eigenvalue weighted by atomic mass is 16.5. The van der Waals surface area contributed by atoms with Crippen LogP contribution in [0.2, 0.25) is 0 Å². The summed E-state index contributed by atoms with van der Waals surface area (Å²) in [6, 6.07) is 18.3. The summed E-state index contributed by atoms with van der Waals surface area (Å²) in [5.74, 6) is -1.33. The third-order valence-corrected chi connectivity index (χ3v) is 5.08. The van der Waals surface area contributed by atoms with Crippen LogP contribution < -0.4 is 10.1 Å². The zero-order chi connectivity index (χ0) is 23.4. The number of benzene rings is 3. The Kier molecular flexibility index (Phi) is 6.13. The van der Waals surface area contributed by atoms with Crippen LogP contribution in [0.25, 0.3) is 6.08 Å². The first-order chi connectivity index (χ1) is 16.0. The second kappa shape index (κ2) is 9.32. The highest BCUT2D eigenvalue weighted by Crippen LogP contribution is 2.31. The average molecular weight is 441 g/mol. The van der Waals surface area contributed by atoms with Crippen molar-refractivity contribution in [3.05, 3.63) is 101 Å². The lowest BCUT2D eigenvalue weighted by Crippen LogP contribution is -2.25. The van der Waals surface area contributed by atoms with Gasteiger partial charge < -0.3 is 14.8 Å². The Hall–Kier alpha value is -4.52. The molecule has 3 aromatic carbocycles. The maximum atomic E-state index is 13.0. The number of esters is 1. The number of nitrogens with one attached hydrogen (secondary N) is 1. The number of carbonyl (C=O) groups is 4. The van der Waals surface area contributed by atoms with Gasteiger partial charge in [-0.05, 0) is 29.8 Å². The minimum Gasteiger partial charge on any atom is -0.497 e. The average Bonchev–Trinajstić information content (AvgIpc) is 2.85. The summed E-state index contributed by atoms with van der Waals surface area (Å²) in [7, 11) is 1.54. The van der Waals surface area contributed by atoms with E-state index in [-0.39, 0.29) is 33.9 Å². The molecule has 3 aromatic rings. The van der Waals surface area contributed by atoms with Gasteiger partial charge in [0.25, 0.3) is 5.91 Å². The van der Waals surface area contributed by atoms with Crippen molar-refractivity contribution in [1.82, 2.24) is 0 Å². The van der Waals surface area contributed by atoms with Crippen LogP contribution in [0, 0.1) is 0 Å². The Morgan fingerprint density at radius 1 is 0.879 bits per heavy atom. The molecule has 0 saturated carbocycles. The van der Waals surface area contributed by atoms with Crippen molar-refractivity contribution in [3.8, 4) is 5.75 Å². The van der Waals surface area contributed by atoms with Gasteiger partial charge in [-0.25, -0.2) is 4.79 Å². The van der Waals surface area contributed by atoms with Crippen LogP contribution in [0.15, 0.2) is 72.8 Å². The highest BCUT2D eigenvalue weighted by Gasteiger charge is 2.31. The van der Waals surface area contributed by atoms with Crippen LogP contribution in [0.3, 0.4) is 0 Å². The first kappa shape index (κ1) is 21.7. The summed E-state index contributed by atoms with van der Waals surface area (Å²) in [5, 5.41) is 2.57. The number of carbonyl (C=O) groups excluding carboxylic acids is 4. The van der Waals surface area contributed by atoms with Gasteiger partial charge in [-0.15, -0.1) is 0 Å². The Bertz CT molecular complexity index is 1310. The van der Waals surface area contributed by atoms with E-state index in [9.17, 15) is 19.2 Å². The molecule has 0 unspecified atom stereocenters. The highest BCUT2D eigenvalue weighted by molar-refractivity contribution is 6.30. The lowest BCUT2D eigenvalue weighted by Gasteiger charge is -2.20. The van der Waals surface area contributed by atoms with Gasteiger partial charge in [0.1, 0.15) is 5.75 Å². The van der Waals surface area contributed by atoms with Crippen molar-refractivity contribution in [2.45, 2.75) is 0 Å². The SMILES string of the molecule is COc1cccc(/C=C/C(=O)OCC(=O)Nc2cccc3c2C(=O)c2ccccc2C3=O)c1. The first-order valence-corrected chi connectivity index (χ1v) is 10.1. The second-order valence-electron chi connectivity index (χ2n) is 7.20. The molecule has 0 spiro atoms. The number of hydrogen-bond donors (Lipinski definition) is 1. The van der Waals surface area contributed by atoms with E-state index in [0.717, 1.165) is 5.56 Å². The van der Waals surface area contributed by atoms with Gasteiger partial charge in [0, 0.05) is 22.8 Å². The maximum absolute atomic E-state index is 13.0. The molecule has 1 aliphatic carbocycles. The van der Waals surface area contributed by atoms with E-state index in [1.807, 2.05) is 0 Å². The van der Waals surface area contributed by atoms with Crippen LogP contribution in [0.1, 0.15) is 37.4 Å². The molecule has 33 heavy (non-hydrogen) atoms. The zero-order valence-corrected chi connectivity index (χ0v) is 17.7. The molecule has 0 bridgehead atoms. The quantitative estimate of drug-likeness (QED) is 0.362. The summed E-state index contributed by atoms with van der Waals surface area (Å²) < 4.78 is 10.1. The number of hydrogen-bond acceptors (Lipinski definition) is 6. The third-order valence-electron chi connectivity index (χ3n) is 5.08. The number of methoxy groups -OCH3 is 1. The molecule has 7 heteroatoms. The lowest BCUT2D eigenvalue weighted by atomic mass is 9.83. The van der Waals surface area contributed by atoms with E-state index in [2.05, 4.69) is 5.32 Å². The van der Waals surface area contributed by atoms with Crippen molar-refractivity contribution < 1.29 is 28.7 Å². The second-order valence-corrected chi connectivity index (χ2v) is 7.20. The summed E-state index contributed by atoms with van der Waals surface area (Å²) in [6.07, 6.45) is 2.74. The van der Waals surface area contributed by atoms with Crippen molar-refractivity contribution in [3.63, 3.8) is 0 Å². The summed E-state index contributed by atoms with van der Waals surface area (Å²) in [5.41, 5.74) is 1.87. The van der Waals surface area contributed by atoms with Gasteiger partial charge in [-0.3, -0.25) is 14.4 Å². The molecule has 0 aliphatic heterocycles. The minimum absolute atomic E-state index is 0.124. The van der Waals surface area contributed by atoms with E-state index < -0.39 is 18.5 Å². The van der Waals surface area contributed by atoms with Gasteiger partial charge in [0.15, 0.2) is 18.2 Å². The molecule has 0 atom stereocenters. The molecule has 1 aliphatic rings. The van der Waals surface area contributed by atoms with Crippen molar-refractivity contribution in [1.29, 1.82) is 0 Å². The van der Waals surface area contributed by atoms with Crippen molar-refractivity contribution in [2.75, 3.05) is 19.0 Å². The van der Waals surface area contributed by atoms with Crippen molar-refractivity contribution in [2.24, 2.45) is 0 Å². The van der Waals surface area contributed by atoms with Crippen LogP contribution in [0.4, 0.5) is 5.69 Å². The molecule has 4 rings (SSSR count). The van der Waals surface area contributed by atoms with Crippen LogP contribution in [-0.2, 0) is 14.3 Å². The minimum atomic E-state index is -0.705. The number of ketones is 2. The molecule has 0 fully saturated rings. The maximum Gasteiger partial charge on any atom is 0.331 e. The summed E-state index contributed by atoms with van der Waals surface area (Å²) >= 11 is 0. The Labute approximate surface area is 189 Å². The molecule has 0 aromatic heterocycles. The van der Waals surface area contributed by atoms with Gasteiger partial charge in [-0.2, -0.15) is 0 Å². The molecule has 7 nitrogen and oxygen atoms in total. The predicted octanol–water partition coefficient (Wildman–Crippen LogP) is 3.67. The topological polar surface area (TPSA) is 98.8 Å². The first-order valence-electron chi connectivity index (χ1n) is 10.1. The fourth-order valence-electron chi connectivity index (χ4n) is 3.53. The smallest absolute Gasteiger partial charge is 0.331 e. The molecular weight excluding hydrogens is 422 g/mol.